The van der Waals surface area contributed by atoms with Gasteiger partial charge in [-0.05, 0) is 37.6 Å². The zero-order chi connectivity index (χ0) is 20.2. The number of carbonyl (C=O) groups excluding carboxylic acids is 1. The predicted octanol–water partition coefficient (Wildman–Crippen LogP) is 3.37. The highest BCUT2D eigenvalue weighted by atomic mass is 19.4. The molecular formula is C18H17F4N5O. The van der Waals surface area contributed by atoms with E-state index in [-0.39, 0.29) is 31.2 Å². The normalized spacial score (nSPS) is 17.2. The van der Waals surface area contributed by atoms with Gasteiger partial charge < -0.3 is 14.5 Å². The number of benzene rings is 1. The summed E-state index contributed by atoms with van der Waals surface area (Å²) in [6.45, 7) is 3.50. The Morgan fingerprint density at radius 1 is 1.29 bits per heavy atom. The number of halogens is 4. The highest BCUT2D eigenvalue weighted by Gasteiger charge is 2.41. The molecule has 0 spiro atoms. The van der Waals surface area contributed by atoms with Crippen molar-refractivity contribution in [2.45, 2.75) is 39.0 Å². The van der Waals surface area contributed by atoms with Gasteiger partial charge in [0.05, 0.1) is 12.5 Å². The quantitative estimate of drug-likeness (QED) is 0.677. The maximum absolute atomic E-state index is 13.6. The molecule has 148 valence electrons. The fourth-order valence-corrected chi connectivity index (χ4v) is 3.77. The van der Waals surface area contributed by atoms with E-state index in [4.69, 9.17) is 0 Å². The summed E-state index contributed by atoms with van der Waals surface area (Å²) < 4.78 is 53.7. The molecule has 1 atom stereocenters. The number of hydrogen-bond acceptors (Lipinski definition) is 3. The van der Waals surface area contributed by atoms with Crippen LogP contribution >= 0.6 is 0 Å². The number of amides is 1. The first kappa shape index (κ1) is 18.5. The van der Waals surface area contributed by atoms with Crippen molar-refractivity contribution < 1.29 is 22.4 Å². The maximum atomic E-state index is 13.6. The average Bonchev–Trinajstić information content (AvgIpc) is 3.18. The van der Waals surface area contributed by atoms with Gasteiger partial charge in [-0.1, -0.05) is 0 Å². The summed E-state index contributed by atoms with van der Waals surface area (Å²) in [4.78, 5) is 17.5. The molecule has 1 aromatic carbocycles. The average molecular weight is 395 g/mol. The van der Waals surface area contributed by atoms with E-state index in [9.17, 15) is 22.4 Å². The van der Waals surface area contributed by atoms with Crippen LogP contribution in [-0.4, -0.2) is 37.1 Å². The van der Waals surface area contributed by atoms with Crippen LogP contribution in [0, 0.1) is 12.7 Å². The number of aryl methyl sites for hydroxylation is 1. The number of alkyl halides is 3. The van der Waals surface area contributed by atoms with E-state index in [0.29, 0.717) is 10.9 Å². The van der Waals surface area contributed by atoms with E-state index in [2.05, 4.69) is 15.2 Å². The van der Waals surface area contributed by atoms with Gasteiger partial charge in [0.15, 0.2) is 5.82 Å². The van der Waals surface area contributed by atoms with Gasteiger partial charge in [-0.15, -0.1) is 10.2 Å². The molecule has 0 bridgehead atoms. The molecule has 1 unspecified atom stereocenters. The predicted molar refractivity (Wildman–Crippen MR) is 91.8 cm³/mol. The van der Waals surface area contributed by atoms with Crippen molar-refractivity contribution in [1.82, 2.24) is 24.6 Å². The highest BCUT2D eigenvalue weighted by molar-refractivity contribution is 5.90. The molecule has 0 saturated heterocycles. The Labute approximate surface area is 157 Å². The number of carbonyl (C=O) groups is 1. The molecule has 1 aliphatic rings. The molecule has 28 heavy (non-hydrogen) atoms. The Morgan fingerprint density at radius 3 is 2.75 bits per heavy atom. The standard InChI is InChI=1S/C18H17F4N5O/c1-9-12(13-7-11(19)3-4-14(13)23-9)8-15(28)26-5-6-27-16(10(26)2)24-25-17(27)18(20,21)22/h3-4,7,10,23H,5-6,8H2,1-2H3. The Morgan fingerprint density at radius 2 is 2.04 bits per heavy atom. The third-order valence-corrected chi connectivity index (χ3v) is 5.17. The molecule has 6 nitrogen and oxygen atoms in total. The van der Waals surface area contributed by atoms with E-state index in [1.807, 2.05) is 0 Å². The zero-order valence-corrected chi connectivity index (χ0v) is 15.1. The molecular weight excluding hydrogens is 378 g/mol. The molecule has 1 N–H and O–H groups in total. The molecule has 2 aromatic heterocycles. The lowest BCUT2D eigenvalue weighted by molar-refractivity contribution is -0.148. The van der Waals surface area contributed by atoms with E-state index in [0.717, 1.165) is 15.8 Å². The maximum Gasteiger partial charge on any atom is 0.451 e. The summed E-state index contributed by atoms with van der Waals surface area (Å²) in [5.41, 5.74) is 2.15. The van der Waals surface area contributed by atoms with Crippen molar-refractivity contribution in [2.75, 3.05) is 6.54 Å². The Hall–Kier alpha value is -2.91. The van der Waals surface area contributed by atoms with Crippen LogP contribution in [0.15, 0.2) is 18.2 Å². The molecule has 1 amide bonds. The van der Waals surface area contributed by atoms with Gasteiger partial charge >= 0.3 is 6.18 Å². The van der Waals surface area contributed by atoms with Crippen LogP contribution < -0.4 is 0 Å². The fourth-order valence-electron chi connectivity index (χ4n) is 3.77. The van der Waals surface area contributed by atoms with Crippen LogP contribution in [0.2, 0.25) is 0 Å². The molecule has 10 heteroatoms. The monoisotopic (exact) mass is 395 g/mol. The number of fused-ring (bicyclic) bond motifs is 2. The highest BCUT2D eigenvalue weighted by Crippen LogP contribution is 2.33. The van der Waals surface area contributed by atoms with Gasteiger partial charge in [-0.25, -0.2) is 4.39 Å². The SMILES string of the molecule is Cc1[nH]c2ccc(F)cc2c1CC(=O)N1CCn2c(nnc2C(F)(F)F)C1C. The lowest BCUT2D eigenvalue weighted by Gasteiger charge is -2.34. The molecule has 0 fully saturated rings. The molecule has 1 aliphatic heterocycles. The topological polar surface area (TPSA) is 66.8 Å². The van der Waals surface area contributed by atoms with E-state index in [1.54, 1.807) is 19.9 Å². The van der Waals surface area contributed by atoms with Crippen LogP contribution in [0.4, 0.5) is 17.6 Å². The lowest BCUT2D eigenvalue weighted by atomic mass is 10.1. The molecule has 0 aliphatic carbocycles. The second kappa shape index (κ2) is 6.32. The minimum atomic E-state index is -4.59. The number of aromatic nitrogens is 4. The number of hydrogen-bond donors (Lipinski definition) is 1. The number of aromatic amines is 1. The Balaban J connectivity index is 1.61. The first-order valence-electron chi connectivity index (χ1n) is 8.73. The summed E-state index contributed by atoms with van der Waals surface area (Å²) in [6.07, 6.45) is -4.58. The number of nitrogens with one attached hydrogen (secondary N) is 1. The van der Waals surface area contributed by atoms with Gasteiger partial charge in [0.2, 0.25) is 11.7 Å². The molecule has 0 radical (unpaired) electrons. The minimum Gasteiger partial charge on any atom is -0.358 e. The van der Waals surface area contributed by atoms with Crippen LogP contribution in [0.3, 0.4) is 0 Å². The van der Waals surface area contributed by atoms with E-state index < -0.39 is 23.9 Å². The van der Waals surface area contributed by atoms with Gasteiger partial charge in [0.25, 0.3) is 0 Å². The lowest BCUT2D eigenvalue weighted by Crippen LogP contribution is -2.42. The zero-order valence-electron chi connectivity index (χ0n) is 15.1. The van der Waals surface area contributed by atoms with Crippen molar-refractivity contribution in [1.29, 1.82) is 0 Å². The Bertz CT molecular complexity index is 1070. The molecule has 3 aromatic rings. The summed E-state index contributed by atoms with van der Waals surface area (Å²) in [6, 6.07) is 3.66. The smallest absolute Gasteiger partial charge is 0.358 e. The van der Waals surface area contributed by atoms with Crippen LogP contribution in [0.25, 0.3) is 10.9 Å². The van der Waals surface area contributed by atoms with Crippen LogP contribution in [-0.2, 0) is 23.9 Å². The number of rotatable bonds is 2. The van der Waals surface area contributed by atoms with Crippen molar-refractivity contribution in [3.8, 4) is 0 Å². The third kappa shape index (κ3) is 2.92. The summed E-state index contributed by atoms with van der Waals surface area (Å²) >= 11 is 0. The van der Waals surface area contributed by atoms with E-state index in [1.165, 1.54) is 17.0 Å². The Kier molecular flexibility index (Phi) is 4.16. The molecule has 0 saturated carbocycles. The van der Waals surface area contributed by atoms with E-state index >= 15 is 0 Å². The number of nitrogens with zero attached hydrogens (tertiary/aromatic N) is 4. The van der Waals surface area contributed by atoms with Crippen molar-refractivity contribution in [2.24, 2.45) is 0 Å². The molecule has 3 heterocycles. The van der Waals surface area contributed by atoms with Crippen molar-refractivity contribution in [3.63, 3.8) is 0 Å². The summed E-state index contributed by atoms with van der Waals surface area (Å²) in [7, 11) is 0. The summed E-state index contributed by atoms with van der Waals surface area (Å²) in [5.74, 6) is -1.61. The first-order valence-corrected chi connectivity index (χ1v) is 8.73. The number of H-pyrrole nitrogens is 1. The van der Waals surface area contributed by atoms with Crippen molar-refractivity contribution in [3.05, 3.63) is 46.9 Å². The van der Waals surface area contributed by atoms with Gasteiger partial charge in [0.1, 0.15) is 5.82 Å². The largest absolute Gasteiger partial charge is 0.451 e. The first-order chi connectivity index (χ1) is 13.2. The van der Waals surface area contributed by atoms with Crippen LogP contribution in [0.5, 0.6) is 0 Å². The van der Waals surface area contributed by atoms with Crippen molar-refractivity contribution >= 4 is 16.8 Å². The summed E-state index contributed by atoms with van der Waals surface area (Å²) in [5, 5.41) is 7.54. The second-order valence-electron chi connectivity index (χ2n) is 6.89. The third-order valence-electron chi connectivity index (χ3n) is 5.17. The molecule has 4 rings (SSSR count). The fraction of sp³-hybridized carbons (Fsp3) is 0.389. The second-order valence-corrected chi connectivity index (χ2v) is 6.89. The van der Waals surface area contributed by atoms with Gasteiger partial charge in [0, 0.05) is 29.7 Å². The van der Waals surface area contributed by atoms with Gasteiger partial charge in [-0.3, -0.25) is 4.79 Å². The van der Waals surface area contributed by atoms with Crippen LogP contribution in [0.1, 0.15) is 35.9 Å². The van der Waals surface area contributed by atoms with Gasteiger partial charge in [-0.2, -0.15) is 13.2 Å². The minimum absolute atomic E-state index is 0.0138.